The summed E-state index contributed by atoms with van der Waals surface area (Å²) in [5, 5.41) is -0.823. The first-order valence-electron chi connectivity index (χ1n) is 6.64. The van der Waals surface area contributed by atoms with Crippen LogP contribution < -0.4 is 10.5 Å². The number of sulfone groups is 1. The van der Waals surface area contributed by atoms with Gasteiger partial charge in [0.2, 0.25) is 0 Å². The van der Waals surface area contributed by atoms with Gasteiger partial charge in [-0.3, -0.25) is 0 Å². The predicted octanol–water partition coefficient (Wildman–Crippen LogP) is 2.48. The van der Waals surface area contributed by atoms with Crippen LogP contribution in [0.15, 0.2) is 53.4 Å². The lowest BCUT2D eigenvalue weighted by atomic mass is 10.1. The number of rotatable bonds is 5. The van der Waals surface area contributed by atoms with Gasteiger partial charge in [0, 0.05) is 12.1 Å². The molecule has 2 aromatic rings. The fraction of sp³-hybridized carbons (Fsp3) is 0.250. The Labute approximate surface area is 125 Å². The summed E-state index contributed by atoms with van der Waals surface area (Å²) < 4.78 is 30.9. The van der Waals surface area contributed by atoms with E-state index in [0.717, 1.165) is 5.56 Å². The van der Waals surface area contributed by atoms with E-state index in [1.165, 1.54) is 7.11 Å². The molecule has 2 aromatic carbocycles. The van der Waals surface area contributed by atoms with Crippen molar-refractivity contribution < 1.29 is 13.2 Å². The highest BCUT2D eigenvalue weighted by molar-refractivity contribution is 7.91. The van der Waals surface area contributed by atoms with Crippen molar-refractivity contribution in [2.24, 2.45) is 5.73 Å². The maximum absolute atomic E-state index is 12.8. The summed E-state index contributed by atoms with van der Waals surface area (Å²) >= 11 is 0. The van der Waals surface area contributed by atoms with Gasteiger partial charge in [-0.1, -0.05) is 35.9 Å². The lowest BCUT2D eigenvalue weighted by Gasteiger charge is -2.19. The summed E-state index contributed by atoms with van der Waals surface area (Å²) in [6, 6.07) is 13.8. The van der Waals surface area contributed by atoms with Crippen LogP contribution in [-0.2, 0) is 9.84 Å². The molecule has 0 amide bonds. The van der Waals surface area contributed by atoms with E-state index < -0.39 is 15.1 Å². The molecule has 21 heavy (non-hydrogen) atoms. The molecule has 0 radical (unpaired) electrons. The zero-order valence-corrected chi connectivity index (χ0v) is 12.9. The Kier molecular flexibility index (Phi) is 4.65. The minimum atomic E-state index is -3.56. The molecule has 0 unspecified atom stereocenters. The smallest absolute Gasteiger partial charge is 0.186 e. The first kappa shape index (κ1) is 15.5. The first-order valence-corrected chi connectivity index (χ1v) is 8.19. The van der Waals surface area contributed by atoms with Gasteiger partial charge in [0.05, 0.1) is 12.0 Å². The van der Waals surface area contributed by atoms with E-state index in [2.05, 4.69) is 0 Å². The topological polar surface area (TPSA) is 69.4 Å². The number of benzene rings is 2. The quantitative estimate of drug-likeness (QED) is 0.921. The summed E-state index contributed by atoms with van der Waals surface area (Å²) in [6.07, 6.45) is 0. The summed E-state index contributed by atoms with van der Waals surface area (Å²) in [6.45, 7) is 1.91. The van der Waals surface area contributed by atoms with Gasteiger partial charge in [0.1, 0.15) is 11.0 Å². The van der Waals surface area contributed by atoms with Crippen LogP contribution in [0.4, 0.5) is 0 Å². The Bertz CT molecular complexity index is 709. The van der Waals surface area contributed by atoms with E-state index in [9.17, 15) is 8.42 Å². The second-order valence-corrected chi connectivity index (χ2v) is 6.95. The van der Waals surface area contributed by atoms with Crippen LogP contribution in [0, 0.1) is 6.92 Å². The second kappa shape index (κ2) is 6.28. The maximum Gasteiger partial charge on any atom is 0.186 e. The van der Waals surface area contributed by atoms with Gasteiger partial charge in [-0.05, 0) is 25.1 Å². The average molecular weight is 305 g/mol. The third-order valence-corrected chi connectivity index (χ3v) is 5.55. The van der Waals surface area contributed by atoms with Crippen molar-refractivity contribution in [3.8, 4) is 5.75 Å². The summed E-state index contributed by atoms with van der Waals surface area (Å²) in [4.78, 5) is 0.273. The van der Waals surface area contributed by atoms with Crippen molar-refractivity contribution in [3.63, 3.8) is 0 Å². The summed E-state index contributed by atoms with van der Waals surface area (Å²) in [7, 11) is -2.04. The predicted molar refractivity (Wildman–Crippen MR) is 83.2 cm³/mol. The Morgan fingerprint density at radius 1 is 1.10 bits per heavy atom. The minimum Gasteiger partial charge on any atom is -0.496 e. The zero-order valence-electron chi connectivity index (χ0n) is 12.1. The highest BCUT2D eigenvalue weighted by atomic mass is 32.2. The van der Waals surface area contributed by atoms with Crippen molar-refractivity contribution in [3.05, 3.63) is 59.7 Å². The molecule has 1 atom stereocenters. The normalized spacial score (nSPS) is 12.9. The number of ether oxygens (including phenoxy) is 1. The molecule has 0 bridgehead atoms. The van der Waals surface area contributed by atoms with E-state index >= 15 is 0 Å². The van der Waals surface area contributed by atoms with Crippen molar-refractivity contribution >= 4 is 9.84 Å². The molecular weight excluding hydrogens is 286 g/mol. The van der Waals surface area contributed by atoms with E-state index in [1.54, 1.807) is 48.5 Å². The molecule has 2 rings (SSSR count). The number of hydrogen-bond donors (Lipinski definition) is 1. The molecule has 0 aliphatic heterocycles. The summed E-state index contributed by atoms with van der Waals surface area (Å²) in [5.41, 5.74) is 7.34. The molecule has 0 aliphatic rings. The number of methoxy groups -OCH3 is 1. The Morgan fingerprint density at radius 2 is 1.71 bits per heavy atom. The van der Waals surface area contributed by atoms with Crippen LogP contribution >= 0.6 is 0 Å². The van der Waals surface area contributed by atoms with E-state index in [0.29, 0.717) is 11.3 Å². The third-order valence-electron chi connectivity index (χ3n) is 3.42. The number of aryl methyl sites for hydroxylation is 1. The fourth-order valence-corrected chi connectivity index (χ4v) is 3.87. The van der Waals surface area contributed by atoms with Gasteiger partial charge in [-0.2, -0.15) is 0 Å². The average Bonchev–Trinajstić information content (AvgIpc) is 2.48. The molecule has 0 heterocycles. The Hall–Kier alpha value is -1.85. The van der Waals surface area contributed by atoms with Crippen molar-refractivity contribution in [2.75, 3.05) is 13.7 Å². The molecule has 0 saturated heterocycles. The van der Waals surface area contributed by atoms with Crippen molar-refractivity contribution in [1.82, 2.24) is 0 Å². The molecular formula is C16H19NO3S. The first-order chi connectivity index (χ1) is 10.0. The van der Waals surface area contributed by atoms with Gasteiger partial charge in [-0.25, -0.2) is 8.42 Å². The SMILES string of the molecule is COc1ccccc1[C@H](CN)S(=O)(=O)c1ccc(C)cc1. The molecule has 0 saturated carbocycles. The molecule has 5 heteroatoms. The molecule has 0 aliphatic carbocycles. The van der Waals surface area contributed by atoms with Crippen LogP contribution in [0.25, 0.3) is 0 Å². The van der Waals surface area contributed by atoms with E-state index in [4.69, 9.17) is 10.5 Å². The number of para-hydroxylation sites is 1. The van der Waals surface area contributed by atoms with Gasteiger partial charge in [-0.15, -0.1) is 0 Å². The van der Waals surface area contributed by atoms with Gasteiger partial charge in [0.25, 0.3) is 0 Å². The fourth-order valence-electron chi connectivity index (χ4n) is 2.25. The highest BCUT2D eigenvalue weighted by Gasteiger charge is 2.30. The largest absolute Gasteiger partial charge is 0.496 e. The Morgan fingerprint density at radius 3 is 2.29 bits per heavy atom. The van der Waals surface area contributed by atoms with E-state index in [1.807, 2.05) is 6.92 Å². The van der Waals surface area contributed by atoms with Gasteiger partial charge < -0.3 is 10.5 Å². The molecule has 2 N–H and O–H groups in total. The van der Waals surface area contributed by atoms with Crippen LogP contribution in [0.1, 0.15) is 16.4 Å². The molecule has 0 aromatic heterocycles. The Balaban J connectivity index is 2.52. The zero-order chi connectivity index (χ0) is 15.5. The second-order valence-electron chi connectivity index (χ2n) is 4.82. The molecule has 0 fully saturated rings. The lowest BCUT2D eigenvalue weighted by Crippen LogP contribution is -2.22. The van der Waals surface area contributed by atoms with E-state index in [-0.39, 0.29) is 11.4 Å². The third kappa shape index (κ3) is 3.09. The van der Waals surface area contributed by atoms with Crippen LogP contribution in [0.3, 0.4) is 0 Å². The van der Waals surface area contributed by atoms with Crippen molar-refractivity contribution in [1.29, 1.82) is 0 Å². The minimum absolute atomic E-state index is 0.00339. The lowest BCUT2D eigenvalue weighted by molar-refractivity contribution is 0.408. The standard InChI is InChI=1S/C16H19NO3S/c1-12-7-9-13(10-8-12)21(18,19)16(11-17)14-5-3-4-6-15(14)20-2/h3-10,16H,11,17H2,1-2H3/t16-/m0/s1. The molecule has 0 spiro atoms. The molecule has 112 valence electrons. The summed E-state index contributed by atoms with van der Waals surface area (Å²) in [5.74, 6) is 0.531. The van der Waals surface area contributed by atoms with Gasteiger partial charge >= 0.3 is 0 Å². The maximum atomic E-state index is 12.8. The monoisotopic (exact) mass is 305 g/mol. The molecule has 4 nitrogen and oxygen atoms in total. The number of hydrogen-bond acceptors (Lipinski definition) is 4. The van der Waals surface area contributed by atoms with Gasteiger partial charge in [0.15, 0.2) is 9.84 Å². The van der Waals surface area contributed by atoms with Crippen LogP contribution in [-0.4, -0.2) is 22.1 Å². The van der Waals surface area contributed by atoms with Crippen molar-refractivity contribution in [2.45, 2.75) is 17.1 Å². The van der Waals surface area contributed by atoms with Crippen LogP contribution in [0.2, 0.25) is 0 Å². The van der Waals surface area contributed by atoms with Crippen LogP contribution in [0.5, 0.6) is 5.75 Å². The number of nitrogens with two attached hydrogens (primary N) is 1. The highest BCUT2D eigenvalue weighted by Crippen LogP contribution is 2.33.